The number of nitrogens with one attached hydrogen (secondary N) is 1. The fourth-order valence-corrected chi connectivity index (χ4v) is 4.74. The van der Waals surface area contributed by atoms with Crippen LogP contribution in [-0.2, 0) is 6.18 Å². The predicted octanol–water partition coefficient (Wildman–Crippen LogP) is 7.92. The van der Waals surface area contributed by atoms with Crippen LogP contribution in [-0.4, -0.2) is 19.2 Å². The fraction of sp³-hybridized carbons (Fsp3) is 0.241. The first kappa shape index (κ1) is 25.9. The first-order valence-electron chi connectivity index (χ1n) is 11.8. The number of para-hydroxylation sites is 2. The van der Waals surface area contributed by atoms with Crippen molar-refractivity contribution in [2.75, 3.05) is 18.0 Å². The third kappa shape index (κ3) is 5.45. The van der Waals surface area contributed by atoms with Gasteiger partial charge in [-0.05, 0) is 66.6 Å². The summed E-state index contributed by atoms with van der Waals surface area (Å²) in [4.78, 5) is 1.92. The average Bonchev–Trinajstić information content (AvgIpc) is 2.87. The molecule has 0 saturated heterocycles. The molecule has 0 aromatic heterocycles. The van der Waals surface area contributed by atoms with Crippen molar-refractivity contribution < 1.29 is 17.9 Å². The van der Waals surface area contributed by atoms with Crippen molar-refractivity contribution in [1.29, 1.82) is 0 Å². The van der Waals surface area contributed by atoms with Gasteiger partial charge in [-0.3, -0.25) is 0 Å². The number of benzene rings is 4. The number of halogens is 4. The van der Waals surface area contributed by atoms with Crippen molar-refractivity contribution in [2.45, 2.75) is 31.7 Å². The maximum atomic E-state index is 13.3. The van der Waals surface area contributed by atoms with E-state index >= 15 is 0 Å². The van der Waals surface area contributed by atoms with Gasteiger partial charge in [-0.1, -0.05) is 60.7 Å². The van der Waals surface area contributed by atoms with Crippen LogP contribution in [0.1, 0.15) is 30.5 Å². The Balaban J connectivity index is 0.00000304. The number of hydrogen-bond donors (Lipinski definition) is 1. The Labute approximate surface area is 215 Å². The quantitative estimate of drug-likeness (QED) is 0.284. The zero-order chi connectivity index (χ0) is 24.4. The molecule has 5 rings (SSSR count). The van der Waals surface area contributed by atoms with Gasteiger partial charge in [0.1, 0.15) is 11.9 Å². The summed E-state index contributed by atoms with van der Waals surface area (Å²) in [6.45, 7) is 3.34. The van der Waals surface area contributed by atoms with E-state index in [-0.39, 0.29) is 24.6 Å². The molecule has 1 aliphatic heterocycles. The van der Waals surface area contributed by atoms with Crippen molar-refractivity contribution in [3.63, 3.8) is 0 Å². The van der Waals surface area contributed by atoms with Crippen molar-refractivity contribution in [3.05, 3.63) is 102 Å². The summed E-state index contributed by atoms with van der Waals surface area (Å²) < 4.78 is 46.2. The molecule has 0 bridgehead atoms. The summed E-state index contributed by atoms with van der Waals surface area (Å²) in [6.07, 6.45) is -3.83. The van der Waals surface area contributed by atoms with Crippen molar-refractivity contribution in [3.8, 4) is 5.75 Å². The summed E-state index contributed by atoms with van der Waals surface area (Å²) in [5, 5.41) is 6.04. The van der Waals surface area contributed by atoms with Crippen LogP contribution in [0.5, 0.6) is 5.75 Å². The Hall–Kier alpha value is -3.22. The maximum Gasteiger partial charge on any atom is 0.416 e. The van der Waals surface area contributed by atoms with E-state index in [2.05, 4.69) is 42.6 Å². The van der Waals surface area contributed by atoms with Gasteiger partial charge < -0.3 is 15.0 Å². The van der Waals surface area contributed by atoms with Crippen molar-refractivity contribution in [1.82, 2.24) is 5.32 Å². The third-order valence-electron chi connectivity index (χ3n) is 6.53. The predicted molar refractivity (Wildman–Crippen MR) is 142 cm³/mol. The number of hydrogen-bond acceptors (Lipinski definition) is 3. The minimum absolute atomic E-state index is 0. The minimum Gasteiger partial charge on any atom is -0.486 e. The van der Waals surface area contributed by atoms with Gasteiger partial charge in [0.25, 0.3) is 0 Å². The number of nitrogens with zero attached hydrogens (tertiary/aromatic N) is 1. The largest absolute Gasteiger partial charge is 0.486 e. The van der Waals surface area contributed by atoms with Crippen molar-refractivity contribution in [2.24, 2.45) is 0 Å². The molecular weight excluding hydrogens is 485 g/mol. The van der Waals surface area contributed by atoms with E-state index in [0.29, 0.717) is 24.5 Å². The van der Waals surface area contributed by atoms with Crippen LogP contribution in [0.15, 0.2) is 91.0 Å². The molecule has 0 amide bonds. The lowest BCUT2D eigenvalue weighted by Crippen LogP contribution is -2.39. The Morgan fingerprint density at radius 3 is 2.50 bits per heavy atom. The standard InChI is InChI=1S/C29H27F3N2O.ClH/c1-20(25-13-6-9-21-8-2-3-12-26(21)25)33-17-16-24-19-34(27-14-4-5-15-28(27)35-24)23-11-7-10-22(18-23)29(30,31)32;/h2-15,18,20,24,33H,16-17,19H2,1H3;1H/t20-,24?;/m1./s1. The van der Waals surface area contributed by atoms with E-state index in [4.69, 9.17) is 4.74 Å². The topological polar surface area (TPSA) is 24.5 Å². The Morgan fingerprint density at radius 1 is 0.944 bits per heavy atom. The molecule has 1 heterocycles. The molecule has 4 aromatic rings. The SMILES string of the molecule is C[C@@H](NCCC1CN(c2cccc(C(F)(F)F)c2)c2ccccc2O1)c1cccc2ccccc12.Cl. The smallest absolute Gasteiger partial charge is 0.416 e. The Kier molecular flexibility index (Phi) is 7.76. The van der Waals surface area contributed by atoms with E-state index < -0.39 is 11.7 Å². The maximum absolute atomic E-state index is 13.3. The first-order chi connectivity index (χ1) is 16.9. The lowest BCUT2D eigenvalue weighted by atomic mass is 9.99. The Bertz CT molecular complexity index is 1320. The lowest BCUT2D eigenvalue weighted by Gasteiger charge is -2.36. The van der Waals surface area contributed by atoms with E-state index in [0.717, 1.165) is 18.2 Å². The molecule has 1 aliphatic rings. The van der Waals surface area contributed by atoms with Crippen LogP contribution in [0, 0.1) is 0 Å². The first-order valence-corrected chi connectivity index (χ1v) is 11.8. The normalized spacial score (nSPS) is 16.1. The second-order valence-electron chi connectivity index (χ2n) is 8.90. The highest BCUT2D eigenvalue weighted by atomic mass is 35.5. The monoisotopic (exact) mass is 512 g/mol. The van der Waals surface area contributed by atoms with Crippen LogP contribution in [0.2, 0.25) is 0 Å². The molecule has 1 N–H and O–H groups in total. The summed E-state index contributed by atoms with van der Waals surface area (Å²) >= 11 is 0. The van der Waals surface area contributed by atoms with Crippen LogP contribution in [0.25, 0.3) is 10.8 Å². The average molecular weight is 513 g/mol. The molecule has 1 unspecified atom stereocenters. The highest BCUT2D eigenvalue weighted by Gasteiger charge is 2.32. The van der Waals surface area contributed by atoms with Gasteiger partial charge in [-0.15, -0.1) is 12.4 Å². The summed E-state index contributed by atoms with van der Waals surface area (Å²) in [7, 11) is 0. The van der Waals surface area contributed by atoms with E-state index in [9.17, 15) is 13.2 Å². The van der Waals surface area contributed by atoms with Gasteiger partial charge >= 0.3 is 6.18 Å². The molecule has 0 aliphatic carbocycles. The second-order valence-corrected chi connectivity index (χ2v) is 8.90. The number of fused-ring (bicyclic) bond motifs is 2. The Morgan fingerprint density at radius 2 is 1.67 bits per heavy atom. The number of anilines is 2. The number of alkyl halides is 3. The second kappa shape index (κ2) is 10.8. The van der Waals surface area contributed by atoms with Gasteiger partial charge in [-0.2, -0.15) is 13.2 Å². The van der Waals surface area contributed by atoms with E-state index in [1.807, 2.05) is 41.3 Å². The summed E-state index contributed by atoms with van der Waals surface area (Å²) in [5.74, 6) is 0.684. The van der Waals surface area contributed by atoms with E-state index in [1.165, 1.54) is 28.5 Å². The van der Waals surface area contributed by atoms with Gasteiger partial charge in [0.2, 0.25) is 0 Å². The zero-order valence-corrected chi connectivity index (χ0v) is 20.7. The molecule has 0 radical (unpaired) electrons. The van der Waals surface area contributed by atoms with Gasteiger partial charge in [-0.25, -0.2) is 0 Å². The summed E-state index contributed by atoms with van der Waals surface area (Å²) in [5.41, 5.74) is 1.88. The fourth-order valence-electron chi connectivity index (χ4n) is 4.74. The molecule has 36 heavy (non-hydrogen) atoms. The van der Waals surface area contributed by atoms with Gasteiger partial charge in [0.15, 0.2) is 0 Å². The number of ether oxygens (including phenoxy) is 1. The number of rotatable bonds is 6. The third-order valence-corrected chi connectivity index (χ3v) is 6.53. The molecule has 4 aromatic carbocycles. The molecule has 0 fully saturated rings. The zero-order valence-electron chi connectivity index (χ0n) is 19.8. The van der Waals surface area contributed by atoms with E-state index in [1.54, 1.807) is 6.07 Å². The van der Waals surface area contributed by atoms with Crippen LogP contribution in [0.3, 0.4) is 0 Å². The van der Waals surface area contributed by atoms with Gasteiger partial charge in [0, 0.05) is 11.7 Å². The molecule has 2 atom stereocenters. The molecular formula is C29H28ClF3N2O. The van der Waals surface area contributed by atoms with Crippen LogP contribution >= 0.6 is 12.4 Å². The molecule has 0 saturated carbocycles. The molecule has 7 heteroatoms. The molecule has 0 spiro atoms. The van der Waals surface area contributed by atoms with Crippen molar-refractivity contribution >= 4 is 34.6 Å². The highest BCUT2D eigenvalue weighted by Crippen LogP contribution is 2.40. The van der Waals surface area contributed by atoms with Crippen LogP contribution < -0.4 is 15.0 Å². The molecule has 3 nitrogen and oxygen atoms in total. The van der Waals surface area contributed by atoms with Crippen LogP contribution in [0.4, 0.5) is 24.5 Å². The lowest BCUT2D eigenvalue weighted by molar-refractivity contribution is -0.137. The molecule has 188 valence electrons. The minimum atomic E-state index is -4.39. The summed E-state index contributed by atoms with van der Waals surface area (Å²) in [6, 6.07) is 27.8. The highest BCUT2D eigenvalue weighted by molar-refractivity contribution is 5.86. The van der Waals surface area contributed by atoms with Gasteiger partial charge in [0.05, 0.1) is 17.8 Å².